The first-order chi connectivity index (χ1) is 17.9. The third-order valence-corrected chi connectivity index (χ3v) is 6.67. The molecule has 1 atom stereocenters. The van der Waals surface area contributed by atoms with Gasteiger partial charge in [-0.25, -0.2) is 0 Å². The van der Waals surface area contributed by atoms with Crippen LogP contribution in [0.15, 0.2) is 72.4 Å². The minimum atomic E-state index is -0.955. The molecule has 0 saturated carbocycles. The Hall–Kier alpha value is -4.72. The van der Waals surface area contributed by atoms with E-state index in [-0.39, 0.29) is 11.3 Å². The second kappa shape index (κ2) is 9.39. The van der Waals surface area contributed by atoms with Crippen LogP contribution in [0.2, 0.25) is 0 Å². The van der Waals surface area contributed by atoms with Gasteiger partial charge < -0.3 is 24.3 Å². The molecule has 5 rings (SSSR count). The molecule has 37 heavy (non-hydrogen) atoms. The number of amides is 1. The Morgan fingerprint density at radius 3 is 2.22 bits per heavy atom. The number of aromatic nitrogens is 1. The molecular formula is C29H26N2O6. The van der Waals surface area contributed by atoms with Crippen molar-refractivity contribution in [3.05, 3.63) is 89.1 Å². The molecule has 1 aromatic heterocycles. The fraction of sp³-hybridized carbons (Fsp3) is 0.172. The van der Waals surface area contributed by atoms with Gasteiger partial charge in [0.05, 0.1) is 32.9 Å². The van der Waals surface area contributed by atoms with Crippen molar-refractivity contribution >= 4 is 34.0 Å². The number of Topliss-reactive ketones (excluding diaryl/α,β-unsaturated/α-hetero) is 1. The molecule has 4 aromatic rings. The van der Waals surface area contributed by atoms with E-state index in [1.807, 2.05) is 43.3 Å². The highest BCUT2D eigenvalue weighted by molar-refractivity contribution is 6.52. The van der Waals surface area contributed by atoms with Crippen molar-refractivity contribution in [2.24, 2.45) is 0 Å². The predicted octanol–water partition coefficient (Wildman–Crippen LogP) is 5.13. The van der Waals surface area contributed by atoms with Gasteiger partial charge in [-0.05, 0) is 42.3 Å². The van der Waals surface area contributed by atoms with Gasteiger partial charge in [0, 0.05) is 28.4 Å². The first-order valence-electron chi connectivity index (χ1n) is 11.6. The number of aryl methyl sites for hydroxylation is 1. The number of benzene rings is 3. The fourth-order valence-electron chi connectivity index (χ4n) is 4.90. The monoisotopic (exact) mass is 498 g/mol. The maximum atomic E-state index is 13.6. The second-order valence-corrected chi connectivity index (χ2v) is 8.66. The summed E-state index contributed by atoms with van der Waals surface area (Å²) in [5, 5.41) is 12.3. The van der Waals surface area contributed by atoms with Crippen LogP contribution in [0.1, 0.15) is 22.7 Å². The largest absolute Gasteiger partial charge is 0.507 e. The van der Waals surface area contributed by atoms with Gasteiger partial charge in [-0.15, -0.1) is 0 Å². The summed E-state index contributed by atoms with van der Waals surface area (Å²) < 4.78 is 16.6. The molecule has 8 nitrogen and oxygen atoms in total. The molecule has 0 radical (unpaired) electrons. The van der Waals surface area contributed by atoms with Crippen LogP contribution in [0.4, 0.5) is 5.69 Å². The molecule has 1 amide bonds. The lowest BCUT2D eigenvalue weighted by atomic mass is 9.94. The van der Waals surface area contributed by atoms with Crippen LogP contribution in [-0.4, -0.2) is 43.1 Å². The van der Waals surface area contributed by atoms with Crippen molar-refractivity contribution in [2.45, 2.75) is 13.0 Å². The number of rotatable bonds is 6. The van der Waals surface area contributed by atoms with Crippen molar-refractivity contribution in [3.8, 4) is 17.2 Å². The van der Waals surface area contributed by atoms with Crippen LogP contribution < -0.4 is 19.1 Å². The van der Waals surface area contributed by atoms with E-state index in [1.165, 1.54) is 26.2 Å². The number of para-hydroxylation sites is 2. The van der Waals surface area contributed by atoms with Gasteiger partial charge in [-0.3, -0.25) is 14.5 Å². The van der Waals surface area contributed by atoms with Crippen LogP contribution >= 0.6 is 0 Å². The van der Waals surface area contributed by atoms with E-state index >= 15 is 0 Å². The summed E-state index contributed by atoms with van der Waals surface area (Å²) in [6, 6.07) is 17.1. The number of hydrogen-bond acceptors (Lipinski definition) is 6. The Bertz CT molecular complexity index is 1540. The zero-order chi connectivity index (χ0) is 26.3. The molecule has 1 fully saturated rings. The quantitative estimate of drug-likeness (QED) is 0.217. The third-order valence-electron chi connectivity index (χ3n) is 6.67. The molecule has 1 aliphatic heterocycles. The molecule has 8 heteroatoms. The Labute approximate surface area is 213 Å². The fourth-order valence-corrected chi connectivity index (χ4v) is 4.90. The average molecular weight is 499 g/mol. The minimum Gasteiger partial charge on any atom is -0.507 e. The van der Waals surface area contributed by atoms with Crippen molar-refractivity contribution in [1.82, 2.24) is 4.98 Å². The molecule has 1 unspecified atom stereocenters. The minimum absolute atomic E-state index is 0.0349. The molecular weight excluding hydrogens is 472 g/mol. The summed E-state index contributed by atoms with van der Waals surface area (Å²) in [7, 11) is 4.48. The van der Waals surface area contributed by atoms with E-state index in [0.29, 0.717) is 34.1 Å². The van der Waals surface area contributed by atoms with Crippen LogP contribution in [0.5, 0.6) is 17.2 Å². The molecule has 0 aliphatic carbocycles. The van der Waals surface area contributed by atoms with E-state index < -0.39 is 17.7 Å². The third kappa shape index (κ3) is 3.78. The molecule has 2 heterocycles. The van der Waals surface area contributed by atoms with E-state index in [0.717, 1.165) is 16.5 Å². The van der Waals surface area contributed by atoms with Crippen LogP contribution in [-0.2, 0) is 9.59 Å². The Morgan fingerprint density at radius 1 is 0.919 bits per heavy atom. The van der Waals surface area contributed by atoms with Gasteiger partial charge in [-0.2, -0.15) is 0 Å². The van der Waals surface area contributed by atoms with Gasteiger partial charge in [0.1, 0.15) is 5.76 Å². The lowest BCUT2D eigenvalue weighted by Gasteiger charge is -2.27. The van der Waals surface area contributed by atoms with Gasteiger partial charge in [0.15, 0.2) is 11.5 Å². The lowest BCUT2D eigenvalue weighted by molar-refractivity contribution is -0.132. The number of methoxy groups -OCH3 is 3. The maximum Gasteiger partial charge on any atom is 0.300 e. The normalized spacial score (nSPS) is 16.9. The van der Waals surface area contributed by atoms with Crippen molar-refractivity contribution in [1.29, 1.82) is 0 Å². The average Bonchev–Trinajstić information content (AvgIpc) is 3.46. The number of H-pyrrole nitrogens is 1. The second-order valence-electron chi connectivity index (χ2n) is 8.66. The standard InChI is InChI=1S/C29H26N2O6/c1-16-9-5-8-12-21(16)31-25(17-13-22(35-2)28(37-4)23(14-17)36-3)24(27(33)29(31)34)26(32)19-15-30-20-11-7-6-10-18(19)20/h5-15,25,30,32H,1-4H3/b26-24-. The van der Waals surface area contributed by atoms with Crippen molar-refractivity contribution in [3.63, 3.8) is 0 Å². The summed E-state index contributed by atoms with van der Waals surface area (Å²) in [6.07, 6.45) is 1.63. The maximum absolute atomic E-state index is 13.6. The zero-order valence-electron chi connectivity index (χ0n) is 20.9. The van der Waals surface area contributed by atoms with E-state index in [4.69, 9.17) is 14.2 Å². The van der Waals surface area contributed by atoms with Crippen LogP contribution in [0.25, 0.3) is 16.7 Å². The number of nitrogens with zero attached hydrogens (tertiary/aromatic N) is 1. The van der Waals surface area contributed by atoms with E-state index in [1.54, 1.807) is 30.5 Å². The SMILES string of the molecule is COc1cc(C2/C(=C(/O)c3c[nH]c4ccccc34)C(=O)C(=O)N2c2ccccc2C)cc(OC)c1OC. The summed E-state index contributed by atoms with van der Waals surface area (Å²) in [5.74, 6) is -0.707. The molecule has 2 N–H and O–H groups in total. The number of aliphatic hydroxyl groups excluding tert-OH is 1. The summed E-state index contributed by atoms with van der Waals surface area (Å²) >= 11 is 0. The molecule has 0 spiro atoms. The summed E-state index contributed by atoms with van der Waals surface area (Å²) in [4.78, 5) is 31.7. The lowest BCUT2D eigenvalue weighted by Crippen LogP contribution is -2.30. The van der Waals surface area contributed by atoms with Crippen molar-refractivity contribution < 1.29 is 28.9 Å². The number of aliphatic hydroxyl groups is 1. The van der Waals surface area contributed by atoms with E-state index in [2.05, 4.69) is 4.98 Å². The van der Waals surface area contributed by atoms with Gasteiger partial charge in [-0.1, -0.05) is 36.4 Å². The number of anilines is 1. The van der Waals surface area contributed by atoms with Gasteiger partial charge >= 0.3 is 0 Å². The van der Waals surface area contributed by atoms with Crippen LogP contribution in [0, 0.1) is 6.92 Å². The summed E-state index contributed by atoms with van der Waals surface area (Å²) in [6.45, 7) is 1.86. The number of carbonyl (C=O) groups is 2. The van der Waals surface area contributed by atoms with Crippen molar-refractivity contribution in [2.75, 3.05) is 26.2 Å². The number of fused-ring (bicyclic) bond motifs is 1. The topological polar surface area (TPSA) is 101 Å². The number of nitrogens with one attached hydrogen (secondary N) is 1. The predicted molar refractivity (Wildman–Crippen MR) is 140 cm³/mol. The molecule has 1 aliphatic rings. The summed E-state index contributed by atoms with van der Waals surface area (Å²) in [5.41, 5.74) is 3.05. The Morgan fingerprint density at radius 2 is 1.57 bits per heavy atom. The zero-order valence-corrected chi connectivity index (χ0v) is 20.9. The Balaban J connectivity index is 1.82. The smallest absolute Gasteiger partial charge is 0.300 e. The van der Waals surface area contributed by atoms with Gasteiger partial charge in [0.25, 0.3) is 11.7 Å². The first-order valence-corrected chi connectivity index (χ1v) is 11.6. The highest BCUT2D eigenvalue weighted by atomic mass is 16.5. The number of ether oxygens (including phenoxy) is 3. The Kier molecular flexibility index (Phi) is 6.09. The molecule has 1 saturated heterocycles. The molecule has 0 bridgehead atoms. The van der Waals surface area contributed by atoms with Crippen LogP contribution in [0.3, 0.4) is 0 Å². The number of aromatic amines is 1. The molecule has 188 valence electrons. The number of ketones is 1. The highest BCUT2D eigenvalue weighted by Crippen LogP contribution is 2.47. The number of hydrogen-bond donors (Lipinski definition) is 2. The van der Waals surface area contributed by atoms with E-state index in [9.17, 15) is 14.7 Å². The highest BCUT2D eigenvalue weighted by Gasteiger charge is 2.48. The molecule has 3 aromatic carbocycles. The first kappa shape index (κ1) is 24.0. The van der Waals surface area contributed by atoms with Gasteiger partial charge in [0.2, 0.25) is 5.75 Å². The number of carbonyl (C=O) groups excluding carboxylic acids is 2.